The maximum absolute atomic E-state index is 11.8. The number of carbonyl (C=O) groups excluding carboxylic acids is 2. The molecule has 0 bridgehead atoms. The van der Waals surface area contributed by atoms with E-state index in [2.05, 4.69) is 21.5 Å². The van der Waals surface area contributed by atoms with Gasteiger partial charge >= 0.3 is 0 Å². The second-order valence-electron chi connectivity index (χ2n) is 6.28. The summed E-state index contributed by atoms with van der Waals surface area (Å²) in [7, 11) is 1.60. The smallest absolute Gasteiger partial charge is 0.244 e. The first kappa shape index (κ1) is 20.7. The highest BCUT2D eigenvalue weighted by atomic mass is 32.1. The summed E-state index contributed by atoms with van der Waals surface area (Å²) >= 11 is 5.14. The minimum atomic E-state index is -0.259. The van der Waals surface area contributed by atoms with Crippen LogP contribution in [0, 0.1) is 0 Å². The lowest BCUT2D eigenvalue weighted by molar-refractivity contribution is -0.121. The van der Waals surface area contributed by atoms with Crippen molar-refractivity contribution in [2.45, 2.75) is 38.1 Å². The molecule has 1 aromatic carbocycles. The van der Waals surface area contributed by atoms with E-state index in [9.17, 15) is 9.59 Å². The van der Waals surface area contributed by atoms with Crippen molar-refractivity contribution in [2.24, 2.45) is 0 Å². The number of hydrogen-bond donors (Lipinski definition) is 4. The third-order valence-electron chi connectivity index (χ3n) is 4.20. The summed E-state index contributed by atoms with van der Waals surface area (Å²) in [6, 6.07) is 7.73. The normalized spacial score (nSPS) is 14.0. The van der Waals surface area contributed by atoms with E-state index in [0.717, 1.165) is 24.2 Å². The Balaban J connectivity index is 1.58. The number of carbonyl (C=O) groups is 2. The van der Waals surface area contributed by atoms with Crippen LogP contribution in [0.4, 0.5) is 0 Å². The lowest BCUT2D eigenvalue weighted by atomic mass is 10.2. The van der Waals surface area contributed by atoms with Crippen LogP contribution in [-0.2, 0) is 9.59 Å². The van der Waals surface area contributed by atoms with Crippen molar-refractivity contribution in [1.29, 1.82) is 0 Å². The van der Waals surface area contributed by atoms with Gasteiger partial charge < -0.3 is 15.4 Å². The summed E-state index contributed by atoms with van der Waals surface area (Å²) < 4.78 is 5.08. The molecule has 8 heteroatoms. The van der Waals surface area contributed by atoms with E-state index in [1.807, 2.05) is 24.3 Å². The first-order valence-corrected chi connectivity index (χ1v) is 9.43. The Labute approximate surface area is 164 Å². The van der Waals surface area contributed by atoms with Gasteiger partial charge in [0, 0.05) is 25.1 Å². The molecule has 2 rings (SSSR count). The molecule has 0 saturated heterocycles. The summed E-state index contributed by atoms with van der Waals surface area (Å²) in [4.78, 5) is 23.5. The zero-order valence-electron chi connectivity index (χ0n) is 15.4. The third-order valence-corrected chi connectivity index (χ3v) is 4.42. The molecule has 7 nitrogen and oxygen atoms in total. The maximum Gasteiger partial charge on any atom is 0.244 e. The predicted molar refractivity (Wildman–Crippen MR) is 109 cm³/mol. The van der Waals surface area contributed by atoms with Gasteiger partial charge in [0.1, 0.15) is 5.75 Å². The quantitative estimate of drug-likeness (QED) is 0.322. The predicted octanol–water partition coefficient (Wildman–Crippen LogP) is 1.65. The van der Waals surface area contributed by atoms with Crippen LogP contribution < -0.4 is 26.2 Å². The summed E-state index contributed by atoms with van der Waals surface area (Å²) in [6.07, 6.45) is 7.90. The van der Waals surface area contributed by atoms with Crippen LogP contribution in [0.1, 0.15) is 37.7 Å². The van der Waals surface area contributed by atoms with Gasteiger partial charge in [0.25, 0.3) is 0 Å². The highest BCUT2D eigenvalue weighted by molar-refractivity contribution is 7.80. The van der Waals surface area contributed by atoms with Crippen molar-refractivity contribution in [3.63, 3.8) is 0 Å². The van der Waals surface area contributed by atoms with Crippen LogP contribution in [-0.4, -0.2) is 36.6 Å². The molecule has 1 aliphatic rings. The molecule has 0 radical (unpaired) electrons. The molecule has 1 saturated carbocycles. The minimum absolute atomic E-state index is 0.154. The van der Waals surface area contributed by atoms with Gasteiger partial charge in [-0.05, 0) is 48.8 Å². The number of rotatable bonds is 7. The van der Waals surface area contributed by atoms with E-state index in [4.69, 9.17) is 17.0 Å². The lowest BCUT2D eigenvalue weighted by Gasteiger charge is -2.16. The van der Waals surface area contributed by atoms with Crippen LogP contribution in [0.5, 0.6) is 5.75 Å². The van der Waals surface area contributed by atoms with Crippen molar-refractivity contribution in [2.75, 3.05) is 13.7 Å². The number of ether oxygens (including phenoxy) is 1. The van der Waals surface area contributed by atoms with Crippen LogP contribution in [0.15, 0.2) is 30.3 Å². The Hall–Kier alpha value is -2.61. The Kier molecular flexibility index (Phi) is 8.57. The Morgan fingerprint density at radius 3 is 2.56 bits per heavy atom. The second kappa shape index (κ2) is 11.2. The number of nitrogens with one attached hydrogen (secondary N) is 4. The molecule has 0 aliphatic heterocycles. The minimum Gasteiger partial charge on any atom is -0.497 e. The number of thiocarbonyl (C=S) groups is 1. The van der Waals surface area contributed by atoms with Crippen LogP contribution >= 0.6 is 12.2 Å². The average Bonchev–Trinajstić information content (AvgIpc) is 3.18. The summed E-state index contributed by atoms with van der Waals surface area (Å²) in [5.41, 5.74) is 6.10. The zero-order chi connectivity index (χ0) is 19.5. The standard InChI is InChI=1S/C19H26N4O3S/c1-26-16-9-6-14(7-10-16)8-11-17(24)20-13-12-18(25)22-23-19(27)21-15-4-2-3-5-15/h6-11,15H,2-5,12-13H2,1H3,(H,20,24)(H,22,25)(H2,21,23,27)/b11-8+. The zero-order valence-corrected chi connectivity index (χ0v) is 16.2. The van der Waals surface area contributed by atoms with Gasteiger partial charge in [-0.1, -0.05) is 25.0 Å². The molecule has 2 amide bonds. The number of benzene rings is 1. The fourth-order valence-corrected chi connectivity index (χ4v) is 2.94. The van der Waals surface area contributed by atoms with Crippen molar-refractivity contribution in [1.82, 2.24) is 21.5 Å². The van der Waals surface area contributed by atoms with E-state index in [1.165, 1.54) is 18.9 Å². The monoisotopic (exact) mass is 390 g/mol. The largest absolute Gasteiger partial charge is 0.497 e. The number of hydrazine groups is 1. The van der Waals surface area contributed by atoms with Crippen LogP contribution in [0.25, 0.3) is 6.08 Å². The molecule has 1 aromatic rings. The van der Waals surface area contributed by atoms with Crippen LogP contribution in [0.2, 0.25) is 0 Å². The summed E-state index contributed by atoms with van der Waals surface area (Å²) in [5, 5.41) is 6.25. The van der Waals surface area contributed by atoms with Crippen molar-refractivity contribution in [3.05, 3.63) is 35.9 Å². The van der Waals surface area contributed by atoms with Gasteiger partial charge in [0.15, 0.2) is 5.11 Å². The fraction of sp³-hybridized carbons (Fsp3) is 0.421. The average molecular weight is 391 g/mol. The van der Waals surface area contributed by atoms with Crippen molar-refractivity contribution in [3.8, 4) is 5.75 Å². The first-order chi connectivity index (χ1) is 13.1. The van der Waals surface area contributed by atoms with E-state index < -0.39 is 0 Å². The Morgan fingerprint density at radius 2 is 1.89 bits per heavy atom. The van der Waals surface area contributed by atoms with E-state index in [-0.39, 0.29) is 24.8 Å². The van der Waals surface area contributed by atoms with Gasteiger partial charge in [-0.2, -0.15) is 0 Å². The molecule has 4 N–H and O–H groups in total. The summed E-state index contributed by atoms with van der Waals surface area (Å²) in [6.45, 7) is 0.238. The van der Waals surface area contributed by atoms with Gasteiger partial charge in [-0.3, -0.25) is 20.4 Å². The molecule has 27 heavy (non-hydrogen) atoms. The van der Waals surface area contributed by atoms with Gasteiger partial charge in [0.05, 0.1) is 7.11 Å². The molecule has 0 unspecified atom stereocenters. The third kappa shape index (κ3) is 8.08. The number of methoxy groups -OCH3 is 1. The van der Waals surface area contributed by atoms with E-state index in [0.29, 0.717) is 11.2 Å². The maximum atomic E-state index is 11.8. The lowest BCUT2D eigenvalue weighted by Crippen LogP contribution is -2.49. The molecule has 0 aromatic heterocycles. The van der Waals surface area contributed by atoms with Gasteiger partial charge in [-0.15, -0.1) is 0 Å². The first-order valence-electron chi connectivity index (χ1n) is 9.02. The molecule has 1 aliphatic carbocycles. The molecule has 0 heterocycles. The SMILES string of the molecule is COc1ccc(/C=C/C(=O)NCCC(=O)NNC(=S)NC2CCCC2)cc1. The van der Waals surface area contributed by atoms with Gasteiger partial charge in [-0.25, -0.2) is 0 Å². The molecule has 0 spiro atoms. The van der Waals surface area contributed by atoms with Crippen molar-refractivity contribution >= 4 is 35.2 Å². The summed E-state index contributed by atoms with van der Waals surface area (Å²) in [5.74, 6) is 0.254. The topological polar surface area (TPSA) is 91.5 Å². The highest BCUT2D eigenvalue weighted by Gasteiger charge is 2.15. The van der Waals surface area contributed by atoms with Crippen molar-refractivity contribution < 1.29 is 14.3 Å². The van der Waals surface area contributed by atoms with E-state index >= 15 is 0 Å². The molecule has 146 valence electrons. The number of hydrogen-bond acceptors (Lipinski definition) is 4. The highest BCUT2D eigenvalue weighted by Crippen LogP contribution is 2.17. The number of amides is 2. The van der Waals surface area contributed by atoms with Crippen LogP contribution in [0.3, 0.4) is 0 Å². The van der Waals surface area contributed by atoms with E-state index in [1.54, 1.807) is 13.2 Å². The fourth-order valence-electron chi connectivity index (χ4n) is 2.73. The molecular weight excluding hydrogens is 364 g/mol. The molecule has 1 fully saturated rings. The second-order valence-corrected chi connectivity index (χ2v) is 6.68. The molecule has 0 atom stereocenters. The Bertz CT molecular complexity index is 670. The Morgan fingerprint density at radius 1 is 1.19 bits per heavy atom. The van der Waals surface area contributed by atoms with Gasteiger partial charge in [0.2, 0.25) is 11.8 Å². The molecular formula is C19H26N4O3S.